The molecule has 120 valence electrons. The Kier molecular flexibility index (Phi) is 5.15. The first-order chi connectivity index (χ1) is 10.8. The molecule has 6 nitrogen and oxygen atoms in total. The van der Waals surface area contributed by atoms with E-state index in [0.717, 1.165) is 25.0 Å². The second-order valence-electron chi connectivity index (χ2n) is 5.65. The minimum absolute atomic E-state index is 0.128. The van der Waals surface area contributed by atoms with E-state index in [1.165, 1.54) is 19.0 Å². The van der Waals surface area contributed by atoms with Crippen LogP contribution in [0.3, 0.4) is 0 Å². The van der Waals surface area contributed by atoms with Gasteiger partial charge in [-0.3, -0.25) is 14.2 Å². The van der Waals surface area contributed by atoms with Crippen molar-refractivity contribution in [2.24, 2.45) is 0 Å². The molecule has 2 aliphatic rings. The molecule has 0 atom stereocenters. The Labute approximate surface area is 133 Å². The molecule has 2 heterocycles. The van der Waals surface area contributed by atoms with E-state index in [1.54, 1.807) is 16.3 Å². The van der Waals surface area contributed by atoms with E-state index in [-0.39, 0.29) is 17.0 Å². The van der Waals surface area contributed by atoms with Gasteiger partial charge >= 0.3 is 0 Å². The average molecular weight is 323 g/mol. The van der Waals surface area contributed by atoms with E-state index in [1.807, 2.05) is 0 Å². The fraction of sp³-hybridized carbons (Fsp3) is 0.667. The molecule has 1 amide bonds. The van der Waals surface area contributed by atoms with Crippen molar-refractivity contribution in [2.45, 2.75) is 49.9 Å². The van der Waals surface area contributed by atoms with Crippen LogP contribution in [0.4, 0.5) is 0 Å². The third-order valence-electron chi connectivity index (χ3n) is 4.06. The summed E-state index contributed by atoms with van der Waals surface area (Å²) in [6.45, 7) is 1.80. The highest BCUT2D eigenvalue weighted by Gasteiger charge is 2.19. The predicted molar refractivity (Wildman–Crippen MR) is 84.4 cm³/mol. The molecule has 0 unspecified atom stereocenters. The van der Waals surface area contributed by atoms with Crippen LogP contribution in [0.1, 0.15) is 42.5 Å². The first-order valence-electron chi connectivity index (χ1n) is 7.88. The molecule has 0 spiro atoms. The molecule has 0 saturated heterocycles. The number of ether oxygens (including phenoxy) is 1. The first kappa shape index (κ1) is 15.6. The van der Waals surface area contributed by atoms with Crippen molar-refractivity contribution in [3.05, 3.63) is 22.1 Å². The lowest BCUT2D eigenvalue weighted by Crippen LogP contribution is -2.34. The minimum Gasteiger partial charge on any atom is -0.378 e. The number of rotatable bonds is 6. The lowest BCUT2D eigenvalue weighted by atomic mass is 10.3. The molecule has 1 aliphatic carbocycles. The van der Waals surface area contributed by atoms with E-state index in [9.17, 15) is 9.59 Å². The molecular weight excluding hydrogens is 302 g/mol. The second kappa shape index (κ2) is 7.28. The molecule has 1 fully saturated rings. The highest BCUT2D eigenvalue weighted by molar-refractivity contribution is 7.99. The lowest BCUT2D eigenvalue weighted by Gasteiger charge is -2.11. The summed E-state index contributed by atoms with van der Waals surface area (Å²) in [4.78, 5) is 28.4. The van der Waals surface area contributed by atoms with Gasteiger partial charge in [-0.25, -0.2) is 4.98 Å². The largest absolute Gasteiger partial charge is 0.378 e. The number of aromatic nitrogens is 2. The van der Waals surface area contributed by atoms with Gasteiger partial charge in [0.05, 0.1) is 6.10 Å². The third-order valence-corrected chi connectivity index (χ3v) is 5.03. The van der Waals surface area contributed by atoms with Crippen LogP contribution in [0.15, 0.2) is 16.1 Å². The summed E-state index contributed by atoms with van der Waals surface area (Å²) < 4.78 is 7.31. The summed E-state index contributed by atoms with van der Waals surface area (Å²) >= 11 is 1.54. The SMILES string of the molecule is O=C(NCCCOC1CCCC1)c1cnc2n(c1=O)CCS2. The number of carbonyl (C=O) groups excluding carboxylic acids is 1. The number of hydrogen-bond acceptors (Lipinski definition) is 5. The maximum Gasteiger partial charge on any atom is 0.267 e. The van der Waals surface area contributed by atoms with Crippen LogP contribution in [0.25, 0.3) is 0 Å². The highest BCUT2D eigenvalue weighted by Crippen LogP contribution is 2.21. The summed E-state index contributed by atoms with van der Waals surface area (Å²) in [6, 6.07) is 0. The molecule has 22 heavy (non-hydrogen) atoms. The first-order valence-corrected chi connectivity index (χ1v) is 8.86. The fourth-order valence-electron chi connectivity index (χ4n) is 2.85. The molecule has 1 aromatic rings. The Morgan fingerprint density at radius 1 is 1.45 bits per heavy atom. The molecule has 0 radical (unpaired) electrons. The minimum atomic E-state index is -0.342. The van der Waals surface area contributed by atoms with Gasteiger partial charge in [0.25, 0.3) is 11.5 Å². The third kappa shape index (κ3) is 3.52. The van der Waals surface area contributed by atoms with Crippen molar-refractivity contribution >= 4 is 17.7 Å². The van der Waals surface area contributed by atoms with Crippen molar-refractivity contribution in [2.75, 3.05) is 18.9 Å². The van der Waals surface area contributed by atoms with Crippen molar-refractivity contribution in [1.29, 1.82) is 0 Å². The summed E-state index contributed by atoms with van der Waals surface area (Å²) in [6.07, 6.45) is 7.38. The van der Waals surface area contributed by atoms with Gasteiger partial charge in [-0.2, -0.15) is 0 Å². The summed E-state index contributed by atoms with van der Waals surface area (Å²) in [5.74, 6) is 0.497. The van der Waals surface area contributed by atoms with Gasteiger partial charge in [0.1, 0.15) is 5.56 Å². The molecule has 7 heteroatoms. The van der Waals surface area contributed by atoms with Crippen molar-refractivity contribution in [3.8, 4) is 0 Å². The monoisotopic (exact) mass is 323 g/mol. The van der Waals surface area contributed by atoms with Crippen molar-refractivity contribution in [3.63, 3.8) is 0 Å². The van der Waals surface area contributed by atoms with Gasteiger partial charge in [-0.05, 0) is 19.3 Å². The van der Waals surface area contributed by atoms with Crippen LogP contribution in [0.2, 0.25) is 0 Å². The van der Waals surface area contributed by atoms with Gasteiger partial charge in [-0.1, -0.05) is 24.6 Å². The number of amides is 1. The number of carbonyl (C=O) groups is 1. The zero-order chi connectivity index (χ0) is 15.4. The van der Waals surface area contributed by atoms with E-state index >= 15 is 0 Å². The normalized spacial score (nSPS) is 17.6. The van der Waals surface area contributed by atoms with Crippen molar-refractivity contribution in [1.82, 2.24) is 14.9 Å². The van der Waals surface area contributed by atoms with Crippen LogP contribution in [-0.4, -0.2) is 40.5 Å². The molecule has 3 rings (SSSR count). The molecule has 0 aromatic carbocycles. The van der Waals surface area contributed by atoms with Gasteiger partial charge in [-0.15, -0.1) is 0 Å². The zero-order valence-electron chi connectivity index (χ0n) is 12.5. The number of nitrogens with zero attached hydrogens (tertiary/aromatic N) is 2. The number of thioether (sulfide) groups is 1. The Morgan fingerprint density at radius 2 is 2.27 bits per heavy atom. The summed E-state index contributed by atoms with van der Waals surface area (Å²) in [5.41, 5.74) is -0.113. The van der Waals surface area contributed by atoms with E-state index in [2.05, 4.69) is 10.3 Å². The predicted octanol–water partition coefficient (Wildman–Crippen LogP) is 1.43. The molecule has 1 saturated carbocycles. The summed E-state index contributed by atoms with van der Waals surface area (Å²) in [7, 11) is 0. The zero-order valence-corrected chi connectivity index (χ0v) is 13.4. The van der Waals surface area contributed by atoms with E-state index < -0.39 is 0 Å². The highest BCUT2D eigenvalue weighted by atomic mass is 32.2. The Hall–Kier alpha value is -1.34. The standard InChI is InChI=1S/C15H21N3O3S/c19-13(16-6-3-8-21-11-4-1-2-5-11)12-10-17-15-18(14(12)20)7-9-22-15/h10-11H,1-9H2,(H,16,19). The van der Waals surface area contributed by atoms with Crippen LogP contribution in [-0.2, 0) is 11.3 Å². The topological polar surface area (TPSA) is 73.2 Å². The van der Waals surface area contributed by atoms with Gasteiger partial charge in [0, 0.05) is 31.6 Å². The quantitative estimate of drug-likeness (QED) is 0.633. The van der Waals surface area contributed by atoms with Crippen LogP contribution >= 0.6 is 11.8 Å². The average Bonchev–Trinajstić information content (AvgIpc) is 3.18. The van der Waals surface area contributed by atoms with Gasteiger partial charge in [0.2, 0.25) is 0 Å². The maximum atomic E-state index is 12.2. The van der Waals surface area contributed by atoms with Crippen LogP contribution in [0.5, 0.6) is 0 Å². The molecule has 1 aromatic heterocycles. The second-order valence-corrected chi connectivity index (χ2v) is 6.71. The van der Waals surface area contributed by atoms with Gasteiger partial charge < -0.3 is 10.1 Å². The van der Waals surface area contributed by atoms with E-state index in [0.29, 0.717) is 31.0 Å². The molecule has 0 bridgehead atoms. The molecule has 1 N–H and O–H groups in total. The smallest absolute Gasteiger partial charge is 0.267 e. The molecular formula is C15H21N3O3S. The number of hydrogen-bond donors (Lipinski definition) is 1. The fourth-order valence-corrected chi connectivity index (χ4v) is 3.76. The van der Waals surface area contributed by atoms with Gasteiger partial charge in [0.15, 0.2) is 5.16 Å². The van der Waals surface area contributed by atoms with Crippen LogP contribution in [0, 0.1) is 0 Å². The van der Waals surface area contributed by atoms with Crippen molar-refractivity contribution < 1.29 is 9.53 Å². The number of fused-ring (bicyclic) bond motifs is 1. The Bertz CT molecular complexity index is 596. The summed E-state index contributed by atoms with van der Waals surface area (Å²) in [5, 5.41) is 3.48. The molecule has 1 aliphatic heterocycles. The number of nitrogens with one attached hydrogen (secondary N) is 1. The van der Waals surface area contributed by atoms with E-state index in [4.69, 9.17) is 4.74 Å². The Morgan fingerprint density at radius 3 is 3.09 bits per heavy atom. The lowest BCUT2D eigenvalue weighted by molar-refractivity contribution is 0.0565. The van der Waals surface area contributed by atoms with Crippen LogP contribution < -0.4 is 10.9 Å². The maximum absolute atomic E-state index is 12.2. The Balaban J connectivity index is 1.45.